The smallest absolute Gasteiger partial charge is 0.311 e. The van der Waals surface area contributed by atoms with Gasteiger partial charge in [0.25, 0.3) is 0 Å². The van der Waals surface area contributed by atoms with Gasteiger partial charge in [0, 0.05) is 6.07 Å². The van der Waals surface area contributed by atoms with E-state index < -0.39 is 4.92 Å². The second kappa shape index (κ2) is 5.62. The molecule has 0 aliphatic rings. The van der Waals surface area contributed by atoms with Crippen molar-refractivity contribution in [2.24, 2.45) is 5.73 Å². The monoisotopic (exact) mass is 285 g/mol. The van der Waals surface area contributed by atoms with Gasteiger partial charge in [-0.2, -0.15) is 0 Å². The molecule has 21 heavy (non-hydrogen) atoms. The molecule has 0 amide bonds. The number of nitrogens with two attached hydrogens (primary N) is 1. The van der Waals surface area contributed by atoms with E-state index in [1.54, 1.807) is 30.3 Å². The molecule has 2 rings (SSSR count). The Morgan fingerprint density at radius 3 is 2.29 bits per heavy atom. The van der Waals surface area contributed by atoms with E-state index in [4.69, 9.17) is 15.9 Å². The normalized spacial score (nSPS) is 10.2. The highest BCUT2D eigenvalue weighted by Crippen LogP contribution is 2.34. The van der Waals surface area contributed by atoms with Crippen LogP contribution in [0.15, 0.2) is 36.4 Å². The first-order valence-corrected chi connectivity index (χ1v) is 6.26. The number of nitrogen functional groups attached to an aromatic ring is 1. The molecular formula is C15H15N3O3. The van der Waals surface area contributed by atoms with Crippen LogP contribution in [-0.4, -0.2) is 10.8 Å². The molecule has 0 aliphatic carbocycles. The van der Waals surface area contributed by atoms with Gasteiger partial charge in [-0.05, 0) is 43.2 Å². The molecule has 6 nitrogen and oxygen atoms in total. The van der Waals surface area contributed by atoms with E-state index >= 15 is 0 Å². The summed E-state index contributed by atoms with van der Waals surface area (Å²) in [4.78, 5) is 10.6. The third-order valence-electron chi connectivity index (χ3n) is 2.96. The van der Waals surface area contributed by atoms with Crippen LogP contribution in [0.1, 0.15) is 16.7 Å². The number of benzene rings is 2. The Balaban J connectivity index is 2.52. The molecule has 0 fully saturated rings. The zero-order valence-electron chi connectivity index (χ0n) is 11.7. The number of aryl methyl sites for hydroxylation is 2. The number of nitro groups is 1. The Hall–Kier alpha value is -2.89. The summed E-state index contributed by atoms with van der Waals surface area (Å²) >= 11 is 0. The highest BCUT2D eigenvalue weighted by molar-refractivity contribution is 5.97. The van der Waals surface area contributed by atoms with Gasteiger partial charge in [-0.25, -0.2) is 0 Å². The van der Waals surface area contributed by atoms with Gasteiger partial charge in [-0.3, -0.25) is 15.5 Å². The third-order valence-corrected chi connectivity index (χ3v) is 2.96. The Kier molecular flexibility index (Phi) is 3.89. The van der Waals surface area contributed by atoms with Crippen molar-refractivity contribution in [3.8, 4) is 11.5 Å². The van der Waals surface area contributed by atoms with Crippen molar-refractivity contribution >= 4 is 11.5 Å². The van der Waals surface area contributed by atoms with E-state index in [1.165, 1.54) is 6.07 Å². The first-order chi connectivity index (χ1) is 9.88. The van der Waals surface area contributed by atoms with Crippen molar-refractivity contribution in [1.29, 1.82) is 5.41 Å². The van der Waals surface area contributed by atoms with Crippen molar-refractivity contribution in [1.82, 2.24) is 0 Å². The Morgan fingerprint density at radius 2 is 1.71 bits per heavy atom. The van der Waals surface area contributed by atoms with E-state index in [1.807, 2.05) is 13.8 Å². The maximum Gasteiger partial charge on any atom is 0.311 e. The van der Waals surface area contributed by atoms with Crippen LogP contribution < -0.4 is 10.5 Å². The quantitative estimate of drug-likeness (QED) is 0.389. The van der Waals surface area contributed by atoms with Crippen molar-refractivity contribution in [3.63, 3.8) is 0 Å². The zero-order valence-corrected chi connectivity index (χ0v) is 11.7. The summed E-state index contributed by atoms with van der Waals surface area (Å²) in [5.74, 6) is 0.310. The Morgan fingerprint density at radius 1 is 1.14 bits per heavy atom. The molecule has 2 aromatic rings. The van der Waals surface area contributed by atoms with E-state index in [9.17, 15) is 10.1 Å². The standard InChI is InChI=1S/C15H15N3O3/c1-9-3-5-11(15(16)17)13(7-9)21-14-8-10(2)4-6-12(14)18(19)20/h3-8H,1-2H3,(H3,16,17). The molecule has 0 unspecified atom stereocenters. The predicted molar refractivity (Wildman–Crippen MR) is 80.1 cm³/mol. The fourth-order valence-corrected chi connectivity index (χ4v) is 1.91. The van der Waals surface area contributed by atoms with E-state index in [2.05, 4.69) is 0 Å². The minimum atomic E-state index is -0.502. The molecule has 3 N–H and O–H groups in total. The molecule has 108 valence electrons. The van der Waals surface area contributed by atoms with Crippen molar-refractivity contribution in [2.75, 3.05) is 0 Å². The average molecular weight is 285 g/mol. The van der Waals surface area contributed by atoms with Gasteiger partial charge in [-0.15, -0.1) is 0 Å². The molecule has 0 bridgehead atoms. The largest absolute Gasteiger partial charge is 0.449 e. The number of nitro benzene ring substituents is 1. The van der Waals surface area contributed by atoms with Gasteiger partial charge in [-0.1, -0.05) is 12.1 Å². The molecule has 0 spiro atoms. The maximum atomic E-state index is 11.1. The van der Waals surface area contributed by atoms with Gasteiger partial charge in [0.15, 0.2) is 0 Å². The van der Waals surface area contributed by atoms with Crippen molar-refractivity contribution < 1.29 is 9.66 Å². The Bertz CT molecular complexity index is 665. The maximum absolute atomic E-state index is 11.1. The SMILES string of the molecule is Cc1ccc(C(=N)N)c(Oc2cc(C)ccc2[N+](=O)[O-])c1. The van der Waals surface area contributed by atoms with Crippen LogP contribution in [0.2, 0.25) is 0 Å². The van der Waals surface area contributed by atoms with Crippen molar-refractivity contribution in [3.05, 3.63) is 63.2 Å². The molecule has 0 saturated carbocycles. The van der Waals surface area contributed by atoms with Gasteiger partial charge < -0.3 is 10.5 Å². The van der Waals surface area contributed by atoms with Crippen LogP contribution >= 0.6 is 0 Å². The summed E-state index contributed by atoms with van der Waals surface area (Å²) in [5.41, 5.74) is 7.53. The average Bonchev–Trinajstić information content (AvgIpc) is 2.38. The molecule has 0 heterocycles. The van der Waals surface area contributed by atoms with Gasteiger partial charge in [0.05, 0.1) is 10.5 Å². The lowest BCUT2D eigenvalue weighted by atomic mass is 10.1. The molecular weight excluding hydrogens is 270 g/mol. The molecule has 0 aromatic heterocycles. The highest BCUT2D eigenvalue weighted by Gasteiger charge is 2.17. The molecule has 6 heteroatoms. The van der Waals surface area contributed by atoms with Gasteiger partial charge in [0.2, 0.25) is 5.75 Å². The molecule has 0 saturated heterocycles. The fourth-order valence-electron chi connectivity index (χ4n) is 1.91. The highest BCUT2D eigenvalue weighted by atomic mass is 16.6. The van der Waals surface area contributed by atoms with Crippen molar-refractivity contribution in [2.45, 2.75) is 13.8 Å². The zero-order chi connectivity index (χ0) is 15.6. The number of nitrogens with one attached hydrogen (secondary N) is 1. The van der Waals surface area contributed by atoms with Crippen LogP contribution in [0.3, 0.4) is 0 Å². The second-order valence-corrected chi connectivity index (χ2v) is 4.74. The summed E-state index contributed by atoms with van der Waals surface area (Å²) in [6.45, 7) is 3.68. The summed E-state index contributed by atoms with van der Waals surface area (Å²) in [6, 6.07) is 9.79. The second-order valence-electron chi connectivity index (χ2n) is 4.74. The summed E-state index contributed by atoms with van der Waals surface area (Å²) in [6.07, 6.45) is 0. The first-order valence-electron chi connectivity index (χ1n) is 6.26. The number of amidine groups is 1. The number of hydrogen-bond acceptors (Lipinski definition) is 4. The lowest BCUT2D eigenvalue weighted by Crippen LogP contribution is -2.12. The van der Waals surface area contributed by atoms with Crippen LogP contribution in [0.4, 0.5) is 5.69 Å². The lowest BCUT2D eigenvalue weighted by molar-refractivity contribution is -0.385. The van der Waals surface area contributed by atoms with Crippen LogP contribution in [0.25, 0.3) is 0 Å². The Labute approximate surface area is 121 Å². The third kappa shape index (κ3) is 3.17. The summed E-state index contributed by atoms with van der Waals surface area (Å²) in [5, 5.41) is 18.6. The van der Waals surface area contributed by atoms with E-state index in [-0.39, 0.29) is 17.3 Å². The minimum Gasteiger partial charge on any atom is -0.449 e. The molecule has 0 aliphatic heterocycles. The molecule has 0 radical (unpaired) electrons. The van der Waals surface area contributed by atoms with E-state index in [0.717, 1.165) is 11.1 Å². The van der Waals surface area contributed by atoms with Crippen LogP contribution in [0, 0.1) is 29.4 Å². The van der Waals surface area contributed by atoms with Gasteiger partial charge in [0.1, 0.15) is 11.6 Å². The number of nitrogens with zero attached hydrogens (tertiary/aromatic N) is 1. The lowest BCUT2D eigenvalue weighted by Gasteiger charge is -2.12. The van der Waals surface area contributed by atoms with Gasteiger partial charge >= 0.3 is 5.69 Å². The minimum absolute atomic E-state index is 0.128. The number of rotatable bonds is 4. The number of ether oxygens (including phenoxy) is 1. The predicted octanol–water partition coefficient (Wildman–Crippen LogP) is 3.29. The topological polar surface area (TPSA) is 102 Å². The molecule has 2 aromatic carbocycles. The van der Waals surface area contributed by atoms with Crippen LogP contribution in [0.5, 0.6) is 11.5 Å². The molecule has 0 atom stereocenters. The first kappa shape index (κ1) is 14.5. The summed E-state index contributed by atoms with van der Waals surface area (Å²) < 4.78 is 5.66. The van der Waals surface area contributed by atoms with Crippen LogP contribution in [-0.2, 0) is 0 Å². The van der Waals surface area contributed by atoms with E-state index in [0.29, 0.717) is 11.3 Å². The number of hydrogen-bond donors (Lipinski definition) is 2. The fraction of sp³-hybridized carbons (Fsp3) is 0.133. The summed E-state index contributed by atoms with van der Waals surface area (Å²) in [7, 11) is 0.